The lowest BCUT2D eigenvalue weighted by molar-refractivity contribution is 0.306. The summed E-state index contributed by atoms with van der Waals surface area (Å²) in [5, 5.41) is 0.749. The minimum Gasteiger partial charge on any atom is -0.489 e. The van der Waals surface area contributed by atoms with Gasteiger partial charge in [-0.1, -0.05) is 69.1 Å². The third-order valence-corrected chi connectivity index (χ3v) is 2.59. The molecule has 0 saturated carbocycles. The van der Waals surface area contributed by atoms with Crippen molar-refractivity contribution >= 4 is 11.6 Å². The van der Waals surface area contributed by atoms with Gasteiger partial charge in [0, 0.05) is 5.02 Å². The zero-order valence-electron chi connectivity index (χ0n) is 13.1. The van der Waals surface area contributed by atoms with Gasteiger partial charge in [0.2, 0.25) is 0 Å². The molecule has 110 valence electrons. The Kier molecular flexibility index (Phi) is 10.5. The predicted octanol–water partition coefficient (Wildman–Crippen LogP) is 6.28. The van der Waals surface area contributed by atoms with E-state index in [0.29, 0.717) is 6.61 Å². The average Bonchev–Trinajstić information content (AvgIpc) is 2.52. The van der Waals surface area contributed by atoms with E-state index in [1.165, 1.54) is 5.56 Å². The van der Waals surface area contributed by atoms with E-state index in [1.807, 2.05) is 76.2 Å². The Morgan fingerprint density at radius 3 is 1.80 bits per heavy atom. The molecule has 0 fully saturated rings. The Morgan fingerprint density at radius 1 is 0.800 bits per heavy atom. The second kappa shape index (κ2) is 11.4. The predicted molar refractivity (Wildman–Crippen MR) is 89.7 cm³/mol. The van der Waals surface area contributed by atoms with E-state index in [0.717, 1.165) is 16.3 Å². The molecule has 0 amide bonds. The quantitative estimate of drug-likeness (QED) is 0.647. The Morgan fingerprint density at radius 2 is 1.30 bits per heavy atom. The molecule has 2 heteroatoms. The SMILES string of the molecule is CC.CC.Cc1ccc(OCc2ccc(Cl)cc2)cc1. The lowest BCUT2D eigenvalue weighted by Crippen LogP contribution is -1.94. The van der Waals surface area contributed by atoms with Crippen LogP contribution in [0.3, 0.4) is 0 Å². The van der Waals surface area contributed by atoms with Crippen LogP contribution in [0.15, 0.2) is 48.5 Å². The van der Waals surface area contributed by atoms with Crippen LogP contribution in [0.4, 0.5) is 0 Å². The molecular weight excluding hydrogens is 268 g/mol. The fourth-order valence-corrected chi connectivity index (χ4v) is 1.51. The van der Waals surface area contributed by atoms with Crippen LogP contribution in [-0.4, -0.2) is 0 Å². The first kappa shape index (κ1) is 18.5. The van der Waals surface area contributed by atoms with Crippen molar-refractivity contribution in [2.24, 2.45) is 0 Å². The second-order valence-electron chi connectivity index (χ2n) is 3.73. The molecule has 20 heavy (non-hydrogen) atoms. The van der Waals surface area contributed by atoms with E-state index >= 15 is 0 Å². The molecule has 0 spiro atoms. The topological polar surface area (TPSA) is 9.23 Å². The number of aryl methyl sites for hydroxylation is 1. The highest BCUT2D eigenvalue weighted by Crippen LogP contribution is 2.15. The zero-order chi connectivity index (χ0) is 15.4. The summed E-state index contributed by atoms with van der Waals surface area (Å²) in [6.07, 6.45) is 0. The summed E-state index contributed by atoms with van der Waals surface area (Å²) < 4.78 is 5.64. The monoisotopic (exact) mass is 292 g/mol. The summed E-state index contributed by atoms with van der Waals surface area (Å²) in [6.45, 7) is 10.6. The van der Waals surface area contributed by atoms with Crippen LogP contribution >= 0.6 is 11.6 Å². The van der Waals surface area contributed by atoms with Crippen LogP contribution in [0.5, 0.6) is 5.75 Å². The normalized spacial score (nSPS) is 8.70. The lowest BCUT2D eigenvalue weighted by atomic mass is 10.2. The van der Waals surface area contributed by atoms with Gasteiger partial charge in [-0.05, 0) is 36.8 Å². The van der Waals surface area contributed by atoms with Gasteiger partial charge >= 0.3 is 0 Å². The summed E-state index contributed by atoms with van der Waals surface area (Å²) in [6, 6.07) is 15.7. The standard InChI is InChI=1S/C14H13ClO.2C2H6/c1-11-2-8-14(9-3-11)16-10-12-4-6-13(15)7-5-12;2*1-2/h2-9H,10H2,1H3;2*1-2H3. The third-order valence-electron chi connectivity index (χ3n) is 2.34. The van der Waals surface area contributed by atoms with Crippen molar-refractivity contribution in [3.05, 3.63) is 64.7 Å². The smallest absolute Gasteiger partial charge is 0.119 e. The summed E-state index contributed by atoms with van der Waals surface area (Å²) in [5.41, 5.74) is 2.35. The molecule has 0 bridgehead atoms. The summed E-state index contributed by atoms with van der Waals surface area (Å²) in [7, 11) is 0. The van der Waals surface area contributed by atoms with Crippen LogP contribution in [0.1, 0.15) is 38.8 Å². The van der Waals surface area contributed by atoms with Crippen molar-refractivity contribution in [2.45, 2.75) is 41.2 Å². The van der Waals surface area contributed by atoms with Crippen molar-refractivity contribution in [2.75, 3.05) is 0 Å². The van der Waals surface area contributed by atoms with Crippen LogP contribution < -0.4 is 4.74 Å². The average molecular weight is 293 g/mol. The Balaban J connectivity index is 0.000000829. The molecule has 0 aliphatic heterocycles. The van der Waals surface area contributed by atoms with Gasteiger partial charge in [0.15, 0.2) is 0 Å². The molecule has 2 aromatic carbocycles. The Bertz CT molecular complexity index is 400. The number of hydrogen-bond acceptors (Lipinski definition) is 1. The number of ether oxygens (including phenoxy) is 1. The molecule has 0 heterocycles. The zero-order valence-corrected chi connectivity index (χ0v) is 13.9. The molecule has 0 saturated heterocycles. The van der Waals surface area contributed by atoms with Gasteiger partial charge in [-0.3, -0.25) is 0 Å². The maximum Gasteiger partial charge on any atom is 0.119 e. The highest BCUT2D eigenvalue weighted by atomic mass is 35.5. The number of rotatable bonds is 3. The van der Waals surface area contributed by atoms with Gasteiger partial charge in [0.05, 0.1) is 0 Å². The molecule has 0 aliphatic carbocycles. The summed E-state index contributed by atoms with van der Waals surface area (Å²) >= 11 is 5.81. The van der Waals surface area contributed by atoms with E-state index in [9.17, 15) is 0 Å². The Hall–Kier alpha value is -1.47. The molecule has 2 aromatic rings. The molecule has 0 aromatic heterocycles. The van der Waals surface area contributed by atoms with E-state index in [2.05, 4.69) is 6.92 Å². The van der Waals surface area contributed by atoms with Crippen molar-refractivity contribution < 1.29 is 4.74 Å². The molecule has 0 aliphatic rings. The molecular formula is C18H25ClO. The molecule has 0 N–H and O–H groups in total. The fraction of sp³-hybridized carbons (Fsp3) is 0.333. The van der Waals surface area contributed by atoms with Crippen molar-refractivity contribution in [1.82, 2.24) is 0 Å². The molecule has 0 unspecified atom stereocenters. The lowest BCUT2D eigenvalue weighted by Gasteiger charge is -2.06. The minimum atomic E-state index is 0.570. The molecule has 0 radical (unpaired) electrons. The van der Waals surface area contributed by atoms with Crippen LogP contribution in [-0.2, 0) is 6.61 Å². The largest absolute Gasteiger partial charge is 0.489 e. The highest BCUT2D eigenvalue weighted by Gasteiger charge is 1.95. The summed E-state index contributed by atoms with van der Waals surface area (Å²) in [4.78, 5) is 0. The van der Waals surface area contributed by atoms with Gasteiger partial charge < -0.3 is 4.74 Å². The van der Waals surface area contributed by atoms with Gasteiger partial charge in [0.1, 0.15) is 12.4 Å². The van der Waals surface area contributed by atoms with Crippen LogP contribution in [0.25, 0.3) is 0 Å². The van der Waals surface area contributed by atoms with E-state index in [-0.39, 0.29) is 0 Å². The van der Waals surface area contributed by atoms with E-state index < -0.39 is 0 Å². The number of halogens is 1. The van der Waals surface area contributed by atoms with Crippen LogP contribution in [0.2, 0.25) is 5.02 Å². The van der Waals surface area contributed by atoms with Gasteiger partial charge in [0.25, 0.3) is 0 Å². The minimum absolute atomic E-state index is 0.570. The Labute approximate surface area is 128 Å². The van der Waals surface area contributed by atoms with Gasteiger partial charge in [-0.2, -0.15) is 0 Å². The molecule has 0 atom stereocenters. The molecule has 1 nitrogen and oxygen atoms in total. The number of benzene rings is 2. The number of hydrogen-bond donors (Lipinski definition) is 0. The van der Waals surface area contributed by atoms with Gasteiger partial charge in [-0.15, -0.1) is 0 Å². The van der Waals surface area contributed by atoms with E-state index in [4.69, 9.17) is 16.3 Å². The third kappa shape index (κ3) is 7.20. The van der Waals surface area contributed by atoms with E-state index in [1.54, 1.807) is 0 Å². The van der Waals surface area contributed by atoms with Crippen molar-refractivity contribution in [3.63, 3.8) is 0 Å². The maximum absolute atomic E-state index is 5.81. The van der Waals surface area contributed by atoms with Gasteiger partial charge in [-0.25, -0.2) is 0 Å². The molecule has 2 rings (SSSR count). The first-order chi connectivity index (χ1) is 9.74. The fourth-order valence-electron chi connectivity index (χ4n) is 1.38. The second-order valence-corrected chi connectivity index (χ2v) is 4.16. The highest BCUT2D eigenvalue weighted by molar-refractivity contribution is 6.30. The summed E-state index contributed by atoms with van der Waals surface area (Å²) in [5.74, 6) is 0.889. The maximum atomic E-state index is 5.81. The van der Waals surface area contributed by atoms with Crippen LogP contribution in [0, 0.1) is 6.92 Å². The first-order valence-corrected chi connectivity index (χ1v) is 7.56. The van der Waals surface area contributed by atoms with Crippen molar-refractivity contribution in [1.29, 1.82) is 0 Å². The van der Waals surface area contributed by atoms with Crippen molar-refractivity contribution in [3.8, 4) is 5.75 Å². The first-order valence-electron chi connectivity index (χ1n) is 7.18.